The first-order valence-electron chi connectivity index (χ1n) is 8.16. The number of hydrogen-bond donors (Lipinski definition) is 8. The smallest absolute Gasteiger partial charge is 0.322 e. The maximum atomic E-state index is 12.2. The van der Waals surface area contributed by atoms with Crippen LogP contribution in [0.1, 0.15) is 12.8 Å². The van der Waals surface area contributed by atoms with E-state index in [1.807, 2.05) is 0 Å². The number of carboxylic acid groups (broad SMARTS) is 2. The van der Waals surface area contributed by atoms with Crippen molar-refractivity contribution < 1.29 is 44.7 Å². The third kappa shape index (κ3) is 8.15. The van der Waals surface area contributed by atoms with Gasteiger partial charge < -0.3 is 41.9 Å². The monoisotopic (exact) mass is 431 g/mol. The molecular formula is C16H21N3O9S. The molecule has 12 nitrogen and oxygen atoms in total. The Balaban J connectivity index is 2.81. The van der Waals surface area contributed by atoms with Crippen LogP contribution in [-0.2, 0) is 19.2 Å². The van der Waals surface area contributed by atoms with Gasteiger partial charge in [0.2, 0.25) is 11.8 Å². The Morgan fingerprint density at radius 2 is 1.66 bits per heavy atom. The molecule has 1 rings (SSSR count). The number of amides is 2. The SMILES string of the molecule is N[C@@H](CCC(=O)N[C@@H](CSc1cc(O)c(O)cc1O)C(=O)NCC(=O)O)C(=O)O. The Bertz CT molecular complexity index is 787. The summed E-state index contributed by atoms with van der Waals surface area (Å²) >= 11 is 0.849. The van der Waals surface area contributed by atoms with E-state index in [-0.39, 0.29) is 29.2 Å². The van der Waals surface area contributed by atoms with Crippen LogP contribution in [0.3, 0.4) is 0 Å². The normalized spacial score (nSPS) is 12.6. The first-order valence-corrected chi connectivity index (χ1v) is 9.14. The molecule has 0 saturated heterocycles. The summed E-state index contributed by atoms with van der Waals surface area (Å²) in [6, 6.07) is -0.548. The van der Waals surface area contributed by atoms with Crippen molar-refractivity contribution >= 4 is 35.5 Å². The van der Waals surface area contributed by atoms with Gasteiger partial charge in [-0.05, 0) is 6.42 Å². The number of aliphatic carboxylic acids is 2. The van der Waals surface area contributed by atoms with Crippen LogP contribution in [0.25, 0.3) is 0 Å². The number of aromatic hydroxyl groups is 3. The quantitative estimate of drug-likeness (QED) is 0.118. The molecule has 9 N–H and O–H groups in total. The molecule has 0 heterocycles. The van der Waals surface area contributed by atoms with Crippen LogP contribution in [0.15, 0.2) is 17.0 Å². The zero-order chi connectivity index (χ0) is 22.1. The number of benzene rings is 1. The van der Waals surface area contributed by atoms with Gasteiger partial charge in [0.15, 0.2) is 11.5 Å². The highest BCUT2D eigenvalue weighted by atomic mass is 32.2. The Hall–Kier alpha value is -3.19. The first-order chi connectivity index (χ1) is 13.5. The average Bonchev–Trinajstić information content (AvgIpc) is 2.64. The van der Waals surface area contributed by atoms with Gasteiger partial charge in [-0.15, -0.1) is 11.8 Å². The van der Waals surface area contributed by atoms with Crippen LogP contribution in [0, 0.1) is 0 Å². The van der Waals surface area contributed by atoms with Gasteiger partial charge in [0.05, 0.1) is 4.90 Å². The second-order valence-electron chi connectivity index (χ2n) is 5.83. The van der Waals surface area contributed by atoms with Gasteiger partial charge in [-0.25, -0.2) is 0 Å². The Kier molecular flexibility index (Phi) is 9.02. The van der Waals surface area contributed by atoms with Crippen molar-refractivity contribution in [3.05, 3.63) is 12.1 Å². The van der Waals surface area contributed by atoms with Crippen molar-refractivity contribution in [1.29, 1.82) is 0 Å². The summed E-state index contributed by atoms with van der Waals surface area (Å²) in [7, 11) is 0. The minimum atomic E-state index is -1.30. The molecule has 0 radical (unpaired) electrons. The zero-order valence-corrected chi connectivity index (χ0v) is 15.8. The molecule has 0 spiro atoms. The van der Waals surface area contributed by atoms with Gasteiger partial charge in [-0.1, -0.05) is 0 Å². The van der Waals surface area contributed by atoms with E-state index in [2.05, 4.69) is 10.6 Å². The largest absolute Gasteiger partial charge is 0.507 e. The van der Waals surface area contributed by atoms with Gasteiger partial charge in [0.25, 0.3) is 0 Å². The van der Waals surface area contributed by atoms with E-state index < -0.39 is 53.9 Å². The highest BCUT2D eigenvalue weighted by Crippen LogP contribution is 2.37. The standard InChI is InChI=1S/C16H21N3O9S/c17-7(16(27)28)1-2-13(23)19-8(15(26)18-5-14(24)25)6-29-12-4-10(21)9(20)3-11(12)22/h3-4,7-8,20-22H,1-2,5-6,17H2,(H,18,26)(H,19,23)(H,24,25)(H,27,28)/t7-,8-/m0/s1. The topological polar surface area (TPSA) is 220 Å². The van der Waals surface area contributed by atoms with Crippen LogP contribution in [0.2, 0.25) is 0 Å². The number of rotatable bonds is 11. The third-order valence-electron chi connectivity index (χ3n) is 3.53. The number of thioether (sulfide) groups is 1. The fourth-order valence-corrected chi connectivity index (χ4v) is 2.96. The third-order valence-corrected chi connectivity index (χ3v) is 4.66. The predicted octanol–water partition coefficient (Wildman–Crippen LogP) is -1.23. The Labute approximate surface area is 168 Å². The molecule has 0 aliphatic rings. The summed E-state index contributed by atoms with van der Waals surface area (Å²) in [5.41, 5.74) is 5.31. The van der Waals surface area contributed by atoms with E-state index in [0.29, 0.717) is 0 Å². The second-order valence-corrected chi connectivity index (χ2v) is 6.90. The highest BCUT2D eigenvalue weighted by molar-refractivity contribution is 7.99. The number of hydrogen-bond acceptors (Lipinski definition) is 9. The van der Waals surface area contributed by atoms with Crippen LogP contribution in [-0.4, -0.2) is 73.7 Å². The molecule has 160 valence electrons. The fourth-order valence-electron chi connectivity index (χ4n) is 1.98. The number of carbonyl (C=O) groups is 4. The van der Waals surface area contributed by atoms with Crippen molar-refractivity contribution in [2.75, 3.05) is 12.3 Å². The molecule has 0 unspecified atom stereocenters. The lowest BCUT2D eigenvalue weighted by Gasteiger charge is -2.18. The second kappa shape index (κ2) is 11.0. The zero-order valence-electron chi connectivity index (χ0n) is 15.0. The predicted molar refractivity (Wildman–Crippen MR) is 99.6 cm³/mol. The fraction of sp³-hybridized carbons (Fsp3) is 0.375. The number of phenols is 3. The molecule has 0 fully saturated rings. The van der Waals surface area contributed by atoms with E-state index >= 15 is 0 Å². The molecule has 29 heavy (non-hydrogen) atoms. The Morgan fingerprint density at radius 3 is 2.24 bits per heavy atom. The Morgan fingerprint density at radius 1 is 1.03 bits per heavy atom. The lowest BCUT2D eigenvalue weighted by Crippen LogP contribution is -2.49. The lowest BCUT2D eigenvalue weighted by molar-refractivity contribution is -0.139. The van der Waals surface area contributed by atoms with Crippen molar-refractivity contribution in [2.24, 2.45) is 5.73 Å². The molecule has 0 aliphatic heterocycles. The highest BCUT2D eigenvalue weighted by Gasteiger charge is 2.23. The summed E-state index contributed by atoms with van der Waals surface area (Å²) in [4.78, 5) is 45.6. The summed E-state index contributed by atoms with van der Waals surface area (Å²) in [5.74, 6) is -5.70. The minimum Gasteiger partial charge on any atom is -0.507 e. The number of carbonyl (C=O) groups excluding carboxylic acids is 2. The van der Waals surface area contributed by atoms with E-state index in [1.165, 1.54) is 0 Å². The van der Waals surface area contributed by atoms with E-state index in [4.69, 9.17) is 15.9 Å². The molecule has 0 bridgehead atoms. The molecule has 2 amide bonds. The number of phenolic OH excluding ortho intramolecular Hbond substituents is 3. The minimum absolute atomic E-state index is 0.0958. The maximum Gasteiger partial charge on any atom is 0.322 e. The lowest BCUT2D eigenvalue weighted by atomic mass is 10.1. The molecule has 2 atom stereocenters. The summed E-state index contributed by atoms with van der Waals surface area (Å²) < 4.78 is 0. The van der Waals surface area contributed by atoms with Crippen molar-refractivity contribution in [3.63, 3.8) is 0 Å². The molecule has 1 aromatic rings. The number of nitrogens with two attached hydrogens (primary N) is 1. The average molecular weight is 431 g/mol. The number of carboxylic acids is 2. The molecule has 0 saturated carbocycles. The molecule has 1 aromatic carbocycles. The van der Waals surface area contributed by atoms with Crippen LogP contribution >= 0.6 is 11.8 Å². The van der Waals surface area contributed by atoms with E-state index in [1.54, 1.807) is 0 Å². The van der Waals surface area contributed by atoms with Gasteiger partial charge in [0.1, 0.15) is 24.4 Å². The number of nitrogens with one attached hydrogen (secondary N) is 2. The maximum absolute atomic E-state index is 12.2. The van der Waals surface area contributed by atoms with Crippen LogP contribution in [0.4, 0.5) is 0 Å². The summed E-state index contributed by atoms with van der Waals surface area (Å²) in [6.45, 7) is -0.689. The molecular weight excluding hydrogens is 410 g/mol. The van der Waals surface area contributed by atoms with Gasteiger partial charge in [-0.2, -0.15) is 0 Å². The van der Waals surface area contributed by atoms with E-state index in [9.17, 15) is 34.5 Å². The molecule has 0 aliphatic carbocycles. The van der Waals surface area contributed by atoms with Gasteiger partial charge in [0, 0.05) is 24.3 Å². The van der Waals surface area contributed by atoms with Gasteiger partial charge >= 0.3 is 11.9 Å². The van der Waals surface area contributed by atoms with E-state index in [0.717, 1.165) is 23.9 Å². The van der Waals surface area contributed by atoms with Crippen molar-refractivity contribution in [3.8, 4) is 17.2 Å². The van der Waals surface area contributed by atoms with Crippen molar-refractivity contribution in [1.82, 2.24) is 10.6 Å². The molecule has 13 heteroatoms. The molecule has 0 aromatic heterocycles. The van der Waals surface area contributed by atoms with Crippen LogP contribution in [0.5, 0.6) is 17.2 Å². The first kappa shape index (κ1) is 23.8. The van der Waals surface area contributed by atoms with Crippen molar-refractivity contribution in [2.45, 2.75) is 29.8 Å². The van der Waals surface area contributed by atoms with Crippen LogP contribution < -0.4 is 16.4 Å². The van der Waals surface area contributed by atoms with Gasteiger partial charge in [-0.3, -0.25) is 19.2 Å². The summed E-state index contributed by atoms with van der Waals surface area (Å²) in [6.07, 6.45) is -0.462. The summed E-state index contributed by atoms with van der Waals surface area (Å²) in [5, 5.41) is 50.5.